The Hall–Kier alpha value is -1.22. The fourth-order valence-corrected chi connectivity index (χ4v) is 1.32. The number of carbonyl (C=O) groups is 1. The third kappa shape index (κ3) is 3.80. The van der Waals surface area contributed by atoms with E-state index in [1.54, 1.807) is 12.1 Å². The highest BCUT2D eigenvalue weighted by molar-refractivity contribution is 6.18. The summed E-state index contributed by atoms with van der Waals surface area (Å²) in [5.74, 6) is 0.428. The summed E-state index contributed by atoms with van der Waals surface area (Å²) >= 11 is 5.47. The summed E-state index contributed by atoms with van der Waals surface area (Å²) in [6.07, 6.45) is 1.01. The van der Waals surface area contributed by atoms with Crippen LogP contribution in [0, 0.1) is 6.92 Å². The number of aryl methyl sites for hydroxylation is 1. The smallest absolute Gasteiger partial charge is 0.224 e. The van der Waals surface area contributed by atoms with E-state index in [-0.39, 0.29) is 11.7 Å². The molecule has 3 nitrogen and oxygen atoms in total. The van der Waals surface area contributed by atoms with Crippen molar-refractivity contribution in [3.05, 3.63) is 23.8 Å². The predicted octanol–water partition coefficient (Wildman–Crippen LogP) is 2.66. The Morgan fingerprint density at radius 2 is 2.27 bits per heavy atom. The van der Waals surface area contributed by atoms with E-state index in [0.29, 0.717) is 24.4 Å². The van der Waals surface area contributed by atoms with E-state index in [4.69, 9.17) is 11.6 Å². The van der Waals surface area contributed by atoms with Gasteiger partial charge in [-0.3, -0.25) is 4.79 Å². The molecule has 4 heteroatoms. The molecule has 1 amide bonds. The minimum Gasteiger partial charge on any atom is -0.506 e. The lowest BCUT2D eigenvalue weighted by molar-refractivity contribution is -0.116. The van der Waals surface area contributed by atoms with Crippen LogP contribution in [0.1, 0.15) is 18.4 Å². The SMILES string of the molecule is Cc1ccc(NC(=O)CCCCl)c(O)c1. The molecule has 0 fully saturated rings. The molecular formula is C11H14ClNO2. The van der Waals surface area contributed by atoms with E-state index in [1.165, 1.54) is 0 Å². The maximum absolute atomic E-state index is 11.3. The van der Waals surface area contributed by atoms with Gasteiger partial charge in [0.1, 0.15) is 5.75 Å². The highest BCUT2D eigenvalue weighted by Crippen LogP contribution is 2.23. The molecule has 0 saturated heterocycles. The van der Waals surface area contributed by atoms with E-state index >= 15 is 0 Å². The molecule has 1 aromatic carbocycles. The van der Waals surface area contributed by atoms with Crippen molar-refractivity contribution in [2.45, 2.75) is 19.8 Å². The molecule has 2 N–H and O–H groups in total. The topological polar surface area (TPSA) is 49.3 Å². The van der Waals surface area contributed by atoms with Gasteiger partial charge < -0.3 is 10.4 Å². The summed E-state index contributed by atoms with van der Waals surface area (Å²) in [6, 6.07) is 5.12. The number of aromatic hydroxyl groups is 1. The molecule has 0 radical (unpaired) electrons. The summed E-state index contributed by atoms with van der Waals surface area (Å²) in [5.41, 5.74) is 1.39. The zero-order valence-electron chi connectivity index (χ0n) is 8.59. The Morgan fingerprint density at radius 3 is 2.87 bits per heavy atom. The second kappa shape index (κ2) is 5.61. The van der Waals surface area contributed by atoms with Gasteiger partial charge in [-0.1, -0.05) is 6.07 Å². The van der Waals surface area contributed by atoms with Gasteiger partial charge in [-0.15, -0.1) is 11.6 Å². The maximum Gasteiger partial charge on any atom is 0.224 e. The number of phenolic OH excluding ortho intramolecular Hbond substituents is 1. The van der Waals surface area contributed by atoms with E-state index in [2.05, 4.69) is 5.32 Å². The molecule has 0 saturated carbocycles. The van der Waals surface area contributed by atoms with Crippen LogP contribution in [0.3, 0.4) is 0 Å². The predicted molar refractivity (Wildman–Crippen MR) is 61.4 cm³/mol. The van der Waals surface area contributed by atoms with Crippen molar-refractivity contribution in [1.29, 1.82) is 0 Å². The summed E-state index contributed by atoms with van der Waals surface area (Å²) in [6.45, 7) is 1.87. The molecule has 82 valence electrons. The van der Waals surface area contributed by atoms with E-state index in [1.807, 2.05) is 13.0 Å². The average Bonchev–Trinajstić information content (AvgIpc) is 2.19. The molecule has 0 atom stereocenters. The molecular weight excluding hydrogens is 214 g/mol. The molecule has 0 aliphatic heterocycles. The Bertz CT molecular complexity index is 352. The monoisotopic (exact) mass is 227 g/mol. The zero-order valence-corrected chi connectivity index (χ0v) is 9.34. The first-order valence-corrected chi connectivity index (χ1v) is 5.32. The van der Waals surface area contributed by atoms with Crippen LogP contribution in [-0.4, -0.2) is 16.9 Å². The van der Waals surface area contributed by atoms with Crippen LogP contribution in [0.5, 0.6) is 5.75 Å². The van der Waals surface area contributed by atoms with Crippen molar-refractivity contribution >= 4 is 23.2 Å². The number of hydrogen-bond donors (Lipinski definition) is 2. The third-order valence-electron chi connectivity index (χ3n) is 1.96. The number of rotatable bonds is 4. The van der Waals surface area contributed by atoms with Crippen LogP contribution in [-0.2, 0) is 4.79 Å². The van der Waals surface area contributed by atoms with Gasteiger partial charge in [-0.25, -0.2) is 0 Å². The van der Waals surface area contributed by atoms with Crippen LogP contribution in [0.25, 0.3) is 0 Å². The van der Waals surface area contributed by atoms with Crippen LogP contribution in [0.4, 0.5) is 5.69 Å². The lowest BCUT2D eigenvalue weighted by atomic mass is 10.2. The van der Waals surface area contributed by atoms with Crippen molar-refractivity contribution in [2.24, 2.45) is 0 Å². The van der Waals surface area contributed by atoms with Crippen LogP contribution in [0.15, 0.2) is 18.2 Å². The molecule has 0 bridgehead atoms. The van der Waals surface area contributed by atoms with Crippen molar-refractivity contribution in [2.75, 3.05) is 11.2 Å². The Balaban J connectivity index is 2.60. The summed E-state index contributed by atoms with van der Waals surface area (Å²) in [5, 5.41) is 12.1. The standard InChI is InChI=1S/C11H14ClNO2/c1-8-4-5-9(10(14)7-8)13-11(15)3-2-6-12/h4-5,7,14H,2-3,6H2,1H3,(H,13,15). The summed E-state index contributed by atoms with van der Waals surface area (Å²) in [7, 11) is 0. The summed E-state index contributed by atoms with van der Waals surface area (Å²) < 4.78 is 0. The number of benzene rings is 1. The number of nitrogens with one attached hydrogen (secondary N) is 1. The number of phenols is 1. The maximum atomic E-state index is 11.3. The van der Waals surface area contributed by atoms with Gasteiger partial charge in [0, 0.05) is 12.3 Å². The minimum absolute atomic E-state index is 0.0919. The Labute approximate surface area is 94.1 Å². The highest BCUT2D eigenvalue weighted by atomic mass is 35.5. The first-order valence-electron chi connectivity index (χ1n) is 4.79. The average molecular weight is 228 g/mol. The van der Waals surface area contributed by atoms with Crippen LogP contribution in [0.2, 0.25) is 0 Å². The number of carbonyl (C=O) groups excluding carboxylic acids is 1. The first-order chi connectivity index (χ1) is 7.13. The third-order valence-corrected chi connectivity index (χ3v) is 2.23. The van der Waals surface area contributed by atoms with Gasteiger partial charge in [0.05, 0.1) is 5.69 Å². The van der Waals surface area contributed by atoms with Gasteiger partial charge in [-0.05, 0) is 31.0 Å². The molecule has 0 heterocycles. The fraction of sp³-hybridized carbons (Fsp3) is 0.364. The van der Waals surface area contributed by atoms with Crippen LogP contribution >= 0.6 is 11.6 Å². The molecule has 0 unspecified atom stereocenters. The fourth-order valence-electron chi connectivity index (χ4n) is 1.19. The van der Waals surface area contributed by atoms with Crippen LogP contribution < -0.4 is 5.32 Å². The van der Waals surface area contributed by atoms with Gasteiger partial charge in [0.25, 0.3) is 0 Å². The van der Waals surface area contributed by atoms with E-state index < -0.39 is 0 Å². The molecule has 0 spiro atoms. The Morgan fingerprint density at radius 1 is 1.53 bits per heavy atom. The first kappa shape index (κ1) is 11.9. The largest absolute Gasteiger partial charge is 0.506 e. The molecule has 0 aliphatic rings. The molecule has 1 rings (SSSR count). The molecule has 15 heavy (non-hydrogen) atoms. The van der Waals surface area contributed by atoms with Crippen molar-refractivity contribution in [3.8, 4) is 5.75 Å². The summed E-state index contributed by atoms with van der Waals surface area (Å²) in [4.78, 5) is 11.3. The van der Waals surface area contributed by atoms with Crippen molar-refractivity contribution in [3.63, 3.8) is 0 Å². The van der Waals surface area contributed by atoms with Gasteiger partial charge in [0.2, 0.25) is 5.91 Å². The van der Waals surface area contributed by atoms with Crippen molar-refractivity contribution < 1.29 is 9.90 Å². The number of alkyl halides is 1. The second-order valence-electron chi connectivity index (χ2n) is 3.36. The van der Waals surface area contributed by atoms with Gasteiger partial charge in [-0.2, -0.15) is 0 Å². The molecule has 1 aromatic rings. The quantitative estimate of drug-likeness (QED) is 0.614. The van der Waals surface area contributed by atoms with Gasteiger partial charge in [0.15, 0.2) is 0 Å². The molecule has 0 aromatic heterocycles. The highest BCUT2D eigenvalue weighted by Gasteiger charge is 2.05. The minimum atomic E-state index is -0.130. The number of amides is 1. The lowest BCUT2D eigenvalue weighted by Gasteiger charge is -2.07. The normalized spacial score (nSPS) is 10.0. The van der Waals surface area contributed by atoms with Crippen molar-refractivity contribution in [1.82, 2.24) is 0 Å². The van der Waals surface area contributed by atoms with E-state index in [0.717, 1.165) is 5.56 Å². The zero-order chi connectivity index (χ0) is 11.3. The Kier molecular flexibility index (Phi) is 4.43. The number of anilines is 1. The lowest BCUT2D eigenvalue weighted by Crippen LogP contribution is -2.11. The molecule has 0 aliphatic carbocycles. The van der Waals surface area contributed by atoms with Gasteiger partial charge >= 0.3 is 0 Å². The second-order valence-corrected chi connectivity index (χ2v) is 3.74. The number of hydrogen-bond acceptors (Lipinski definition) is 2. The van der Waals surface area contributed by atoms with E-state index in [9.17, 15) is 9.90 Å². The number of halogens is 1.